The molecule has 0 saturated carbocycles. The van der Waals surface area contributed by atoms with Gasteiger partial charge in [-0.15, -0.1) is 0 Å². The number of carbonyl (C=O) groups is 5. The summed E-state index contributed by atoms with van der Waals surface area (Å²) in [4.78, 5) is 65.0. The molecular weight excluding hydrogens is 1730 g/mol. The Balaban J connectivity index is 1.08. The van der Waals surface area contributed by atoms with E-state index < -0.39 is 402 Å². The predicted octanol–water partition coefficient (Wildman–Crippen LogP) is -22.1. The summed E-state index contributed by atoms with van der Waals surface area (Å²) in [7, 11) is 0. The molecule has 0 spiro atoms. The zero-order valence-electron chi connectivity index (χ0n) is 67.8. The van der Waals surface area contributed by atoms with Crippen LogP contribution in [0.15, 0.2) is 0 Å². The third kappa shape index (κ3) is 22.9. The summed E-state index contributed by atoms with van der Waals surface area (Å²) in [5.41, 5.74) is 0. The van der Waals surface area contributed by atoms with Gasteiger partial charge in [-0.2, -0.15) is 0 Å². The monoisotopic (exact) mass is 1840 g/mol. The summed E-state index contributed by atoms with van der Waals surface area (Å²) in [5, 5.41) is 315. The van der Waals surface area contributed by atoms with Gasteiger partial charge in [-0.1, -0.05) is 0 Å². The van der Waals surface area contributed by atoms with Gasteiger partial charge >= 0.3 is 0 Å². The van der Waals surface area contributed by atoms with E-state index >= 15 is 0 Å². The number of nitrogens with one attached hydrogen (secondary N) is 5. The molecule has 10 aliphatic heterocycles. The Morgan fingerprint density at radius 3 is 0.786 bits per heavy atom. The standard InChI is InChI=1S/C70H117N5O51/c1-16(85)71-31-42(96)53(26(11-81)109-61(31)107)119-63-33(73-18(3)87)43(97)56(29(14-84)115-63)122-68-52(106)58(124-70-60(49(103)40(94)25(10-80)114-70)126-65-35(75-20(5)89)45(99)55(28(13-83)117-65)121-67-51(105)47(101)38(92)23(8-78)112-67)57(123-62-32(72-17(2)86)41(95)36(90)21(6-76)110-62)30(118-68)15-108-69-59(48(102)39(93)24(9-79)113-69)125-64-34(74-19(4)88)44(98)54(27(12-82)116-64)120-66-50(104)46(100)37(91)22(7-77)111-66/h21-70,76-84,90-107H,6-15H2,1-5H3,(H,71,85)(H,72,86)(H,73,87)(H,74,88)(H,75,89)/t21-,22-,23-,24-,25-,26-,27-,28-,29-,30-,31-,32-,33-,34-,35-,36-,37+,38+,39-,40-,41-,42-,43-,44-,45-,46+,47+,48+,49+,50-,51-,52+,53-,54-,55-,56-,57-,58-,59+,60+,61?,62?,63?,64?,65?,66?,67?,68?,69?,70?/m1/s1. The van der Waals surface area contributed by atoms with E-state index in [9.17, 15) is 162 Å². The van der Waals surface area contributed by atoms with E-state index in [2.05, 4.69) is 26.6 Å². The summed E-state index contributed by atoms with van der Waals surface area (Å²) in [6, 6.07) is -9.82. The molecule has 56 heteroatoms. The van der Waals surface area contributed by atoms with Crippen molar-refractivity contribution < 1.29 is 252 Å². The van der Waals surface area contributed by atoms with Crippen LogP contribution in [0.2, 0.25) is 0 Å². The number of ether oxygens (including phenoxy) is 19. The van der Waals surface area contributed by atoms with Gasteiger partial charge in [0, 0.05) is 34.6 Å². The molecule has 0 aromatic rings. The maximum absolute atomic E-state index is 13.4. The Morgan fingerprint density at radius 1 is 0.206 bits per heavy atom. The van der Waals surface area contributed by atoms with Crippen molar-refractivity contribution >= 4 is 29.5 Å². The van der Waals surface area contributed by atoms with E-state index in [4.69, 9.17) is 90.0 Å². The molecule has 50 atom stereocenters. The Hall–Kier alpha value is -4.49. The van der Waals surface area contributed by atoms with Crippen LogP contribution < -0.4 is 26.6 Å². The quantitative estimate of drug-likeness (QED) is 0.0290. The Kier molecular flexibility index (Phi) is 37.4. The van der Waals surface area contributed by atoms with Crippen LogP contribution in [-0.2, 0) is 114 Å². The topological polar surface area (TPSA) is 867 Å². The molecule has 10 unspecified atom stereocenters. The smallest absolute Gasteiger partial charge is 0.217 e. The first-order valence-corrected chi connectivity index (χ1v) is 40.1. The number of amides is 5. The summed E-state index contributed by atoms with van der Waals surface area (Å²) >= 11 is 0. The molecule has 10 rings (SSSR count). The normalized spacial score (nSPS) is 48.4. The number of hydrogen-bond acceptors (Lipinski definition) is 51. The van der Waals surface area contributed by atoms with Gasteiger partial charge in [0.2, 0.25) is 29.5 Å². The second kappa shape index (κ2) is 45.5. The van der Waals surface area contributed by atoms with Crippen molar-refractivity contribution in [2.24, 2.45) is 0 Å². The highest BCUT2D eigenvalue weighted by Gasteiger charge is 2.63. The molecule has 56 nitrogen and oxygen atoms in total. The molecular formula is C70H117N5O51. The van der Waals surface area contributed by atoms with Gasteiger partial charge in [-0.3, -0.25) is 24.0 Å². The summed E-state index contributed by atoms with van der Waals surface area (Å²) in [6.07, 6.45) is -97.9. The number of aliphatic hydroxyl groups excluding tert-OH is 27. The highest BCUT2D eigenvalue weighted by Crippen LogP contribution is 2.42. The number of rotatable bonds is 33. The molecule has 0 bridgehead atoms. The molecule has 10 saturated heterocycles. The maximum atomic E-state index is 13.4. The highest BCUT2D eigenvalue weighted by atomic mass is 16.8. The molecule has 10 aliphatic rings. The fourth-order valence-electron chi connectivity index (χ4n) is 16.3. The van der Waals surface area contributed by atoms with Crippen LogP contribution in [0.25, 0.3) is 0 Å². The van der Waals surface area contributed by atoms with Crippen LogP contribution in [0.3, 0.4) is 0 Å². The molecule has 728 valence electrons. The van der Waals surface area contributed by atoms with Gasteiger partial charge in [-0.25, -0.2) is 0 Å². The molecule has 0 aromatic heterocycles. The Morgan fingerprint density at radius 2 is 0.437 bits per heavy atom. The maximum Gasteiger partial charge on any atom is 0.217 e. The lowest BCUT2D eigenvalue weighted by Crippen LogP contribution is -2.71. The molecule has 5 amide bonds. The van der Waals surface area contributed by atoms with E-state index in [-0.39, 0.29) is 0 Å². The third-order valence-corrected chi connectivity index (χ3v) is 22.9. The molecule has 32 N–H and O–H groups in total. The van der Waals surface area contributed by atoms with E-state index in [1.54, 1.807) is 0 Å². The van der Waals surface area contributed by atoms with Gasteiger partial charge in [0.05, 0.1) is 66.1 Å². The second-order valence-corrected chi connectivity index (χ2v) is 31.7. The third-order valence-electron chi connectivity index (χ3n) is 22.9. The first-order valence-electron chi connectivity index (χ1n) is 40.1. The summed E-state index contributed by atoms with van der Waals surface area (Å²) < 4.78 is 116. The minimum absolute atomic E-state index is 0.824. The average molecular weight is 1840 g/mol. The number of carbonyl (C=O) groups excluding carboxylic acids is 5. The molecule has 126 heavy (non-hydrogen) atoms. The minimum atomic E-state index is -2.78. The minimum Gasteiger partial charge on any atom is -0.394 e. The fourth-order valence-corrected chi connectivity index (χ4v) is 16.3. The average Bonchev–Trinajstić information content (AvgIpc) is 0.765. The van der Waals surface area contributed by atoms with Crippen LogP contribution in [0.4, 0.5) is 0 Å². The summed E-state index contributed by atoms with van der Waals surface area (Å²) in [6.45, 7) is -7.11. The number of hydrogen-bond donors (Lipinski definition) is 32. The molecule has 0 aromatic carbocycles. The van der Waals surface area contributed by atoms with E-state index in [1.165, 1.54) is 0 Å². The van der Waals surface area contributed by atoms with Crippen LogP contribution in [-0.4, -0.2) is 540 Å². The van der Waals surface area contributed by atoms with E-state index in [0.717, 1.165) is 34.6 Å². The summed E-state index contributed by atoms with van der Waals surface area (Å²) in [5.74, 6) is -4.84. The van der Waals surface area contributed by atoms with Crippen LogP contribution in [0.5, 0.6) is 0 Å². The van der Waals surface area contributed by atoms with Gasteiger partial charge in [0.25, 0.3) is 0 Å². The van der Waals surface area contributed by atoms with Crippen molar-refractivity contribution in [1.29, 1.82) is 0 Å². The fraction of sp³-hybridized carbons (Fsp3) is 0.929. The van der Waals surface area contributed by atoms with Crippen molar-refractivity contribution in [2.45, 2.75) is 341 Å². The van der Waals surface area contributed by atoms with Crippen molar-refractivity contribution in [3.05, 3.63) is 0 Å². The Bertz CT molecular complexity index is 3440. The molecule has 0 radical (unpaired) electrons. The van der Waals surface area contributed by atoms with Crippen LogP contribution in [0, 0.1) is 0 Å². The van der Waals surface area contributed by atoms with Crippen molar-refractivity contribution in [3.8, 4) is 0 Å². The van der Waals surface area contributed by atoms with Gasteiger partial charge in [-0.05, 0) is 0 Å². The molecule has 10 fully saturated rings. The van der Waals surface area contributed by atoms with Crippen molar-refractivity contribution in [2.75, 3.05) is 66.1 Å². The van der Waals surface area contributed by atoms with Crippen molar-refractivity contribution in [3.63, 3.8) is 0 Å². The Labute approximate surface area is 713 Å². The van der Waals surface area contributed by atoms with Crippen LogP contribution >= 0.6 is 0 Å². The first kappa shape index (κ1) is 104. The zero-order chi connectivity index (χ0) is 92.8. The molecule has 0 aliphatic carbocycles. The second-order valence-electron chi connectivity index (χ2n) is 31.7. The SMILES string of the molecule is CC(=O)N[C@H]1C(O[C@H]2[C@H](OC3O[C@H](CO)[C@@H](O)[C@H](O)[C@@H]3OC3O[C@H](CO)[C@@H](OC4O[C@H](CO)[C@H](O)[C@H](O)[C@H]4O)[C@H](O)[C@H]3NC(C)=O)[C@H](O)C(O[C@H]3[C@H](O)[C@@H](NC(C)=O)C(O[C@H]4[C@H](O)[C@@H](NC(C)=O)C(O)O[C@@H]4CO)O[C@@H]3CO)O[C@@H]2COC2O[C@H](CO)[C@@H](O)[C@H](O)[C@@H]2OC2O[C@H](CO)[C@@H](OC3O[C@H](CO)[C@H](O)[C@H](O)[C@H]3O)[C@H](O)[C@H]2NC(C)=O)O[C@H](CO)[C@@H](O)[C@@H]1O. The van der Waals surface area contributed by atoms with Gasteiger partial charge in [0.15, 0.2) is 62.9 Å². The largest absolute Gasteiger partial charge is 0.394 e. The lowest BCUT2D eigenvalue weighted by atomic mass is 9.93. The van der Waals surface area contributed by atoms with Gasteiger partial charge in [0.1, 0.15) is 244 Å². The van der Waals surface area contributed by atoms with E-state index in [0.29, 0.717) is 0 Å². The highest BCUT2D eigenvalue weighted by molar-refractivity contribution is 5.75. The zero-order valence-corrected chi connectivity index (χ0v) is 67.8. The lowest BCUT2D eigenvalue weighted by Gasteiger charge is -2.52. The predicted molar refractivity (Wildman–Crippen MR) is 388 cm³/mol. The number of aliphatic hydroxyl groups is 27. The van der Waals surface area contributed by atoms with E-state index in [1.807, 2.05) is 0 Å². The van der Waals surface area contributed by atoms with Gasteiger partial charge < -0.3 is 254 Å². The molecule has 10 heterocycles. The first-order chi connectivity index (χ1) is 59.6. The lowest BCUT2D eigenvalue weighted by molar-refractivity contribution is -0.409. The van der Waals surface area contributed by atoms with Crippen LogP contribution in [0.1, 0.15) is 34.6 Å². The van der Waals surface area contributed by atoms with Crippen molar-refractivity contribution in [1.82, 2.24) is 26.6 Å².